The second-order valence-electron chi connectivity index (χ2n) is 4.14. The minimum Gasteiger partial charge on any atom is -0.366 e. The fraction of sp³-hybridized carbons (Fsp3) is 0.636. The Balaban J connectivity index is 1.98. The molecule has 0 atom stereocenters. The maximum absolute atomic E-state index is 5.96. The lowest BCUT2D eigenvalue weighted by molar-refractivity contribution is 0.638. The molecule has 16 heavy (non-hydrogen) atoms. The van der Waals surface area contributed by atoms with Crippen molar-refractivity contribution in [2.45, 2.75) is 30.4 Å². The minimum absolute atomic E-state index is 0.362. The van der Waals surface area contributed by atoms with E-state index in [2.05, 4.69) is 21.5 Å². The van der Waals surface area contributed by atoms with Gasteiger partial charge >= 0.3 is 0 Å². The molecule has 1 saturated carbocycles. The first-order chi connectivity index (χ1) is 7.76. The molecule has 0 saturated heterocycles. The van der Waals surface area contributed by atoms with Gasteiger partial charge in [0.25, 0.3) is 0 Å². The lowest BCUT2D eigenvalue weighted by atomic mass is 10.1. The molecule has 1 aromatic rings. The van der Waals surface area contributed by atoms with E-state index in [0.29, 0.717) is 15.7 Å². The SMILES string of the molecule is CSC1(CNc2nccnc2Cl)CCCC1. The average molecular weight is 258 g/mol. The van der Waals surface area contributed by atoms with Crippen LogP contribution in [0.5, 0.6) is 0 Å². The highest BCUT2D eigenvalue weighted by atomic mass is 35.5. The second-order valence-corrected chi connectivity index (χ2v) is 5.78. The maximum Gasteiger partial charge on any atom is 0.171 e. The van der Waals surface area contributed by atoms with Crippen molar-refractivity contribution >= 4 is 29.2 Å². The molecule has 3 nitrogen and oxygen atoms in total. The molecule has 1 aliphatic rings. The summed E-state index contributed by atoms with van der Waals surface area (Å²) in [5, 5.41) is 3.78. The normalized spacial score (nSPS) is 18.6. The molecular weight excluding hydrogens is 242 g/mol. The molecule has 0 aliphatic heterocycles. The largest absolute Gasteiger partial charge is 0.366 e. The highest BCUT2D eigenvalue weighted by Gasteiger charge is 2.32. The quantitative estimate of drug-likeness (QED) is 0.899. The van der Waals surface area contributed by atoms with Crippen LogP contribution < -0.4 is 5.32 Å². The molecule has 0 aromatic carbocycles. The number of nitrogens with one attached hydrogen (secondary N) is 1. The smallest absolute Gasteiger partial charge is 0.171 e. The van der Waals surface area contributed by atoms with Gasteiger partial charge < -0.3 is 5.32 Å². The third-order valence-electron chi connectivity index (χ3n) is 3.18. The van der Waals surface area contributed by atoms with Crippen LogP contribution in [0.15, 0.2) is 12.4 Å². The zero-order valence-corrected chi connectivity index (χ0v) is 10.9. The van der Waals surface area contributed by atoms with Gasteiger partial charge in [0.1, 0.15) is 0 Å². The number of hydrogen-bond acceptors (Lipinski definition) is 4. The summed E-state index contributed by atoms with van der Waals surface area (Å²) >= 11 is 7.91. The molecule has 0 unspecified atom stereocenters. The molecule has 1 aliphatic carbocycles. The fourth-order valence-electron chi connectivity index (χ4n) is 2.16. The Bertz CT molecular complexity index is 353. The van der Waals surface area contributed by atoms with Gasteiger partial charge in [-0.1, -0.05) is 24.4 Å². The van der Waals surface area contributed by atoms with Gasteiger partial charge in [0.2, 0.25) is 0 Å². The molecular formula is C11H16ClN3S. The average Bonchev–Trinajstić information content (AvgIpc) is 2.78. The van der Waals surface area contributed by atoms with Crippen molar-refractivity contribution < 1.29 is 0 Å². The Morgan fingerprint density at radius 3 is 2.69 bits per heavy atom. The summed E-state index contributed by atoms with van der Waals surface area (Å²) in [6.45, 7) is 0.923. The lowest BCUT2D eigenvalue weighted by Gasteiger charge is -2.27. The molecule has 1 fully saturated rings. The first-order valence-electron chi connectivity index (χ1n) is 5.51. The van der Waals surface area contributed by atoms with Crippen LogP contribution in [0.3, 0.4) is 0 Å². The van der Waals surface area contributed by atoms with Gasteiger partial charge in [-0.25, -0.2) is 9.97 Å². The van der Waals surface area contributed by atoms with Gasteiger partial charge in [-0.15, -0.1) is 0 Å². The zero-order valence-electron chi connectivity index (χ0n) is 9.37. The molecule has 0 bridgehead atoms. The summed E-state index contributed by atoms with van der Waals surface area (Å²) in [5.74, 6) is 0.699. The highest BCUT2D eigenvalue weighted by Crippen LogP contribution is 2.40. The van der Waals surface area contributed by atoms with E-state index >= 15 is 0 Å². The zero-order chi connectivity index (χ0) is 11.4. The van der Waals surface area contributed by atoms with Crippen molar-refractivity contribution in [2.24, 2.45) is 0 Å². The molecule has 1 heterocycles. The Labute approximate surface area is 105 Å². The van der Waals surface area contributed by atoms with E-state index in [1.807, 2.05) is 11.8 Å². The van der Waals surface area contributed by atoms with Gasteiger partial charge in [0.05, 0.1) is 0 Å². The van der Waals surface area contributed by atoms with Crippen molar-refractivity contribution in [3.63, 3.8) is 0 Å². The Hall–Kier alpha value is -0.480. The number of aromatic nitrogens is 2. The van der Waals surface area contributed by atoms with Crippen LogP contribution in [0.1, 0.15) is 25.7 Å². The number of rotatable bonds is 4. The summed E-state index contributed by atoms with van der Waals surface area (Å²) in [7, 11) is 0. The number of nitrogens with zero attached hydrogens (tertiary/aromatic N) is 2. The van der Waals surface area contributed by atoms with E-state index in [1.54, 1.807) is 12.4 Å². The van der Waals surface area contributed by atoms with Crippen molar-refractivity contribution in [1.29, 1.82) is 0 Å². The summed E-state index contributed by atoms with van der Waals surface area (Å²) in [6.07, 6.45) is 10.7. The second kappa shape index (κ2) is 5.23. The third kappa shape index (κ3) is 2.61. The molecule has 1 aromatic heterocycles. The van der Waals surface area contributed by atoms with Gasteiger partial charge in [0.15, 0.2) is 11.0 Å². The van der Waals surface area contributed by atoms with Gasteiger partial charge in [-0.05, 0) is 19.1 Å². The number of thioether (sulfide) groups is 1. The molecule has 0 spiro atoms. The Morgan fingerprint density at radius 2 is 2.06 bits per heavy atom. The van der Waals surface area contributed by atoms with E-state index in [0.717, 1.165) is 6.54 Å². The number of anilines is 1. The van der Waals surface area contributed by atoms with Gasteiger partial charge in [-0.2, -0.15) is 11.8 Å². The van der Waals surface area contributed by atoms with Crippen LogP contribution in [0.2, 0.25) is 5.15 Å². The highest BCUT2D eigenvalue weighted by molar-refractivity contribution is 8.00. The Kier molecular flexibility index (Phi) is 3.92. The molecule has 2 rings (SSSR count). The van der Waals surface area contributed by atoms with E-state index in [9.17, 15) is 0 Å². The Morgan fingerprint density at radius 1 is 1.38 bits per heavy atom. The van der Waals surface area contributed by atoms with Crippen molar-refractivity contribution in [3.05, 3.63) is 17.5 Å². The molecule has 0 amide bonds. The van der Waals surface area contributed by atoms with Crippen LogP contribution >= 0.6 is 23.4 Å². The van der Waals surface area contributed by atoms with Crippen LogP contribution in [-0.4, -0.2) is 27.5 Å². The van der Waals surface area contributed by atoms with Crippen molar-refractivity contribution in [1.82, 2.24) is 9.97 Å². The van der Waals surface area contributed by atoms with E-state index in [1.165, 1.54) is 25.7 Å². The minimum atomic E-state index is 0.362. The predicted molar refractivity (Wildman–Crippen MR) is 70.2 cm³/mol. The van der Waals surface area contributed by atoms with Crippen LogP contribution in [0.4, 0.5) is 5.82 Å². The summed E-state index contributed by atoms with van der Waals surface area (Å²) in [4.78, 5) is 8.20. The predicted octanol–water partition coefficient (Wildman–Crippen LogP) is 3.22. The van der Waals surface area contributed by atoms with Crippen LogP contribution in [-0.2, 0) is 0 Å². The van der Waals surface area contributed by atoms with Crippen LogP contribution in [0.25, 0.3) is 0 Å². The van der Waals surface area contributed by atoms with Gasteiger partial charge in [-0.3, -0.25) is 0 Å². The number of hydrogen-bond donors (Lipinski definition) is 1. The van der Waals surface area contributed by atoms with Gasteiger partial charge in [0, 0.05) is 23.7 Å². The molecule has 1 N–H and O–H groups in total. The summed E-state index contributed by atoms with van der Waals surface area (Å²) in [5.41, 5.74) is 0. The first-order valence-corrected chi connectivity index (χ1v) is 7.12. The monoisotopic (exact) mass is 257 g/mol. The lowest BCUT2D eigenvalue weighted by Crippen LogP contribution is -2.30. The fourth-order valence-corrected chi connectivity index (χ4v) is 3.24. The van der Waals surface area contributed by atoms with Crippen molar-refractivity contribution in [3.8, 4) is 0 Å². The topological polar surface area (TPSA) is 37.8 Å². The first kappa shape index (κ1) is 12.0. The summed E-state index contributed by atoms with van der Waals surface area (Å²) < 4.78 is 0.362. The standard InChI is InChI=1S/C11H16ClN3S/c1-16-11(4-2-3-5-11)8-15-10-9(12)13-6-7-14-10/h6-7H,2-5,8H2,1H3,(H,14,15). The van der Waals surface area contributed by atoms with Crippen LogP contribution in [0, 0.1) is 0 Å². The number of halogens is 1. The van der Waals surface area contributed by atoms with E-state index in [4.69, 9.17) is 11.6 Å². The van der Waals surface area contributed by atoms with E-state index in [-0.39, 0.29) is 0 Å². The molecule has 88 valence electrons. The third-order valence-corrected chi connectivity index (χ3v) is 4.87. The maximum atomic E-state index is 5.96. The molecule has 0 radical (unpaired) electrons. The van der Waals surface area contributed by atoms with E-state index < -0.39 is 0 Å². The van der Waals surface area contributed by atoms with Crippen molar-refractivity contribution in [2.75, 3.05) is 18.1 Å². The summed E-state index contributed by atoms with van der Waals surface area (Å²) in [6, 6.07) is 0. The molecule has 5 heteroatoms.